The molecular formula is C9H15N3O2. The summed E-state index contributed by atoms with van der Waals surface area (Å²) in [6.07, 6.45) is 4.51. The fourth-order valence-corrected chi connectivity index (χ4v) is 1.17. The predicted molar refractivity (Wildman–Crippen MR) is 52.7 cm³/mol. The molecule has 0 aromatic carbocycles. The number of aliphatic imine (C=N–C) groups is 1. The minimum atomic E-state index is -0.627. The van der Waals surface area contributed by atoms with E-state index in [1.165, 1.54) is 12.8 Å². The highest BCUT2D eigenvalue weighted by molar-refractivity contribution is 6.45. The van der Waals surface area contributed by atoms with Crippen molar-refractivity contribution >= 4 is 17.8 Å². The minimum Gasteiger partial charge on any atom is -0.288 e. The molecule has 1 aliphatic rings. The van der Waals surface area contributed by atoms with Crippen LogP contribution in [0.1, 0.15) is 32.6 Å². The largest absolute Gasteiger partial charge is 0.316 e. The molecule has 1 fully saturated rings. The second kappa shape index (κ2) is 5.36. The summed E-state index contributed by atoms with van der Waals surface area (Å²) < 4.78 is 0. The molecule has 0 saturated carbocycles. The van der Waals surface area contributed by atoms with Crippen LogP contribution in [0.15, 0.2) is 4.99 Å². The number of rotatable bonds is 5. The van der Waals surface area contributed by atoms with E-state index in [-0.39, 0.29) is 5.96 Å². The van der Waals surface area contributed by atoms with Crippen LogP contribution < -0.4 is 10.6 Å². The van der Waals surface area contributed by atoms with E-state index in [4.69, 9.17) is 0 Å². The van der Waals surface area contributed by atoms with Crippen molar-refractivity contribution in [3.05, 3.63) is 0 Å². The highest BCUT2D eigenvalue weighted by Crippen LogP contribution is 1.98. The van der Waals surface area contributed by atoms with E-state index < -0.39 is 11.8 Å². The van der Waals surface area contributed by atoms with Crippen molar-refractivity contribution in [3.8, 4) is 0 Å². The molecule has 0 aromatic rings. The zero-order valence-corrected chi connectivity index (χ0v) is 8.30. The number of hydrogen-bond donors (Lipinski definition) is 2. The zero-order chi connectivity index (χ0) is 10.4. The lowest BCUT2D eigenvalue weighted by atomic mass is 10.2. The molecule has 14 heavy (non-hydrogen) atoms. The maximum atomic E-state index is 10.7. The summed E-state index contributed by atoms with van der Waals surface area (Å²) in [6.45, 7) is 2.79. The predicted octanol–water partition coefficient (Wildman–Crippen LogP) is 0.169. The van der Waals surface area contributed by atoms with Gasteiger partial charge in [-0.05, 0) is 6.42 Å². The molecule has 0 aromatic heterocycles. The van der Waals surface area contributed by atoms with Gasteiger partial charge in [0.05, 0.1) is 0 Å². The molecule has 1 saturated heterocycles. The third-order valence-corrected chi connectivity index (χ3v) is 1.95. The van der Waals surface area contributed by atoms with E-state index in [1.807, 2.05) is 0 Å². The Hall–Kier alpha value is -1.39. The molecule has 5 nitrogen and oxygen atoms in total. The monoisotopic (exact) mass is 197 g/mol. The second-order valence-electron chi connectivity index (χ2n) is 3.20. The van der Waals surface area contributed by atoms with Gasteiger partial charge in [-0.2, -0.15) is 0 Å². The van der Waals surface area contributed by atoms with Crippen LogP contribution in [0.4, 0.5) is 0 Å². The Morgan fingerprint density at radius 1 is 1.07 bits per heavy atom. The molecule has 2 N–H and O–H groups in total. The smallest absolute Gasteiger partial charge is 0.288 e. The van der Waals surface area contributed by atoms with Crippen molar-refractivity contribution in [2.75, 3.05) is 6.54 Å². The van der Waals surface area contributed by atoms with Gasteiger partial charge in [0.25, 0.3) is 0 Å². The molecule has 0 radical (unpaired) electrons. The fraction of sp³-hybridized carbons (Fsp3) is 0.667. The lowest BCUT2D eigenvalue weighted by Crippen LogP contribution is -2.25. The van der Waals surface area contributed by atoms with Gasteiger partial charge in [0.2, 0.25) is 5.96 Å². The van der Waals surface area contributed by atoms with Crippen LogP contribution in [-0.4, -0.2) is 24.3 Å². The maximum Gasteiger partial charge on any atom is 0.316 e. The molecule has 0 aliphatic carbocycles. The molecule has 5 heteroatoms. The summed E-state index contributed by atoms with van der Waals surface area (Å²) in [4.78, 5) is 25.5. The average Bonchev–Trinajstić information content (AvgIpc) is 2.46. The van der Waals surface area contributed by atoms with Crippen molar-refractivity contribution < 1.29 is 9.59 Å². The Balaban J connectivity index is 2.19. The van der Waals surface area contributed by atoms with Crippen LogP contribution in [0.25, 0.3) is 0 Å². The Morgan fingerprint density at radius 2 is 1.71 bits per heavy atom. The van der Waals surface area contributed by atoms with Crippen LogP contribution in [0.3, 0.4) is 0 Å². The Morgan fingerprint density at radius 3 is 2.29 bits per heavy atom. The third-order valence-electron chi connectivity index (χ3n) is 1.95. The van der Waals surface area contributed by atoms with Gasteiger partial charge in [0, 0.05) is 6.54 Å². The summed E-state index contributed by atoms with van der Waals surface area (Å²) in [7, 11) is 0. The maximum absolute atomic E-state index is 10.7. The zero-order valence-electron chi connectivity index (χ0n) is 8.30. The van der Waals surface area contributed by atoms with Gasteiger partial charge in [-0.1, -0.05) is 26.2 Å². The number of nitrogens with zero attached hydrogens (tertiary/aromatic N) is 1. The number of carbonyl (C=O) groups is 2. The first kappa shape index (κ1) is 10.7. The van der Waals surface area contributed by atoms with Crippen molar-refractivity contribution in [3.63, 3.8) is 0 Å². The summed E-state index contributed by atoms with van der Waals surface area (Å²) >= 11 is 0. The second-order valence-corrected chi connectivity index (χ2v) is 3.20. The van der Waals surface area contributed by atoms with Gasteiger partial charge < -0.3 is 0 Å². The Kier molecular flexibility index (Phi) is 4.10. The number of guanidine groups is 1. The van der Waals surface area contributed by atoms with E-state index >= 15 is 0 Å². The quantitative estimate of drug-likeness (QED) is 0.487. The molecule has 0 unspecified atom stereocenters. The van der Waals surface area contributed by atoms with Crippen LogP contribution in [0, 0.1) is 0 Å². The SMILES string of the molecule is CCCCCCN=C1NC(=O)C(=O)N1. The fourth-order valence-electron chi connectivity index (χ4n) is 1.17. The molecule has 2 amide bonds. The molecule has 1 rings (SSSR count). The lowest BCUT2D eigenvalue weighted by molar-refractivity contribution is -0.135. The van der Waals surface area contributed by atoms with E-state index in [0.717, 1.165) is 12.8 Å². The Labute approximate surface area is 83.0 Å². The van der Waals surface area contributed by atoms with E-state index in [0.29, 0.717) is 6.54 Å². The molecule has 1 aliphatic heterocycles. The topological polar surface area (TPSA) is 70.6 Å². The molecule has 78 valence electrons. The van der Waals surface area contributed by atoms with Crippen LogP contribution >= 0.6 is 0 Å². The first-order valence-electron chi connectivity index (χ1n) is 4.91. The van der Waals surface area contributed by atoms with Gasteiger partial charge in [0.1, 0.15) is 0 Å². The lowest BCUT2D eigenvalue weighted by Gasteiger charge is -1.97. The molecule has 0 spiro atoms. The highest BCUT2D eigenvalue weighted by atomic mass is 16.2. The van der Waals surface area contributed by atoms with Crippen molar-refractivity contribution in [1.29, 1.82) is 0 Å². The number of amides is 2. The molecule has 1 heterocycles. The average molecular weight is 197 g/mol. The molecule has 0 atom stereocenters. The standard InChI is InChI=1S/C9H15N3O2/c1-2-3-4-5-6-10-9-11-7(13)8(14)12-9/h2-6H2,1H3,(H2,10,11,12,13,14). The van der Waals surface area contributed by atoms with Gasteiger partial charge >= 0.3 is 11.8 Å². The van der Waals surface area contributed by atoms with E-state index in [9.17, 15) is 9.59 Å². The van der Waals surface area contributed by atoms with E-state index in [2.05, 4.69) is 22.5 Å². The summed E-state index contributed by atoms with van der Waals surface area (Å²) in [5, 5.41) is 4.69. The van der Waals surface area contributed by atoms with E-state index in [1.54, 1.807) is 0 Å². The van der Waals surface area contributed by atoms with Gasteiger partial charge in [-0.3, -0.25) is 25.2 Å². The van der Waals surface area contributed by atoms with Gasteiger partial charge in [-0.15, -0.1) is 0 Å². The number of unbranched alkanes of at least 4 members (excludes halogenated alkanes) is 3. The first-order valence-corrected chi connectivity index (χ1v) is 4.91. The van der Waals surface area contributed by atoms with Crippen LogP contribution in [0.5, 0.6) is 0 Å². The summed E-state index contributed by atoms with van der Waals surface area (Å²) in [5.74, 6) is -0.967. The Bertz CT molecular complexity index is 243. The summed E-state index contributed by atoms with van der Waals surface area (Å²) in [6, 6.07) is 0. The van der Waals surface area contributed by atoms with Crippen LogP contribution in [0.2, 0.25) is 0 Å². The normalized spacial score (nSPS) is 15.4. The van der Waals surface area contributed by atoms with Crippen molar-refractivity contribution in [2.24, 2.45) is 4.99 Å². The highest BCUT2D eigenvalue weighted by Gasteiger charge is 2.24. The number of carbonyl (C=O) groups excluding carboxylic acids is 2. The molecule has 0 bridgehead atoms. The van der Waals surface area contributed by atoms with Crippen molar-refractivity contribution in [1.82, 2.24) is 10.6 Å². The van der Waals surface area contributed by atoms with Gasteiger partial charge in [0.15, 0.2) is 0 Å². The molecular weight excluding hydrogens is 182 g/mol. The number of hydrogen-bond acceptors (Lipinski definition) is 3. The minimum absolute atomic E-state index is 0.288. The summed E-state index contributed by atoms with van der Waals surface area (Å²) in [5.41, 5.74) is 0. The first-order chi connectivity index (χ1) is 6.74. The van der Waals surface area contributed by atoms with Crippen LogP contribution in [-0.2, 0) is 9.59 Å². The van der Waals surface area contributed by atoms with Crippen molar-refractivity contribution in [2.45, 2.75) is 32.6 Å². The van der Waals surface area contributed by atoms with Gasteiger partial charge in [-0.25, -0.2) is 0 Å². The number of nitrogens with one attached hydrogen (secondary N) is 2. The third kappa shape index (κ3) is 3.16.